The molecule has 2 rings (SSSR count). The predicted octanol–water partition coefficient (Wildman–Crippen LogP) is 3.12. The summed E-state index contributed by atoms with van der Waals surface area (Å²) in [5.41, 5.74) is 2.48. The summed E-state index contributed by atoms with van der Waals surface area (Å²) >= 11 is 0. The van der Waals surface area contributed by atoms with Gasteiger partial charge in [0.15, 0.2) is 0 Å². The van der Waals surface area contributed by atoms with Gasteiger partial charge in [-0.3, -0.25) is 4.98 Å². The zero-order valence-electron chi connectivity index (χ0n) is 10.5. The number of aryl methyl sites for hydroxylation is 1. The van der Waals surface area contributed by atoms with E-state index in [0.717, 1.165) is 24.2 Å². The van der Waals surface area contributed by atoms with Gasteiger partial charge in [-0.1, -0.05) is 20.8 Å². The Morgan fingerprint density at radius 1 is 1.31 bits per heavy atom. The van der Waals surface area contributed by atoms with Crippen molar-refractivity contribution in [2.45, 2.75) is 46.0 Å². The van der Waals surface area contributed by atoms with Gasteiger partial charge in [0.1, 0.15) is 5.82 Å². The SMILES string of the molecule is CCC(C)(CC)c1nc(C)n2ccncc12. The second-order valence-corrected chi connectivity index (χ2v) is 4.61. The molecule has 86 valence electrons. The molecular formula is C13H19N3. The highest BCUT2D eigenvalue weighted by atomic mass is 15.0. The molecule has 0 aliphatic heterocycles. The number of rotatable bonds is 3. The summed E-state index contributed by atoms with van der Waals surface area (Å²) in [5, 5.41) is 0. The van der Waals surface area contributed by atoms with E-state index in [0.29, 0.717) is 0 Å². The zero-order chi connectivity index (χ0) is 11.8. The van der Waals surface area contributed by atoms with Crippen molar-refractivity contribution in [3.05, 3.63) is 30.1 Å². The van der Waals surface area contributed by atoms with E-state index in [1.54, 1.807) is 6.20 Å². The minimum atomic E-state index is 0.155. The van der Waals surface area contributed by atoms with Gasteiger partial charge in [0.25, 0.3) is 0 Å². The number of nitrogens with zero attached hydrogens (tertiary/aromatic N) is 3. The average Bonchev–Trinajstić information content (AvgIpc) is 2.67. The molecule has 0 unspecified atom stereocenters. The Morgan fingerprint density at radius 2 is 2.00 bits per heavy atom. The monoisotopic (exact) mass is 217 g/mol. The van der Waals surface area contributed by atoms with E-state index in [-0.39, 0.29) is 5.41 Å². The molecule has 0 aromatic carbocycles. The Balaban J connectivity index is 2.70. The first-order valence-corrected chi connectivity index (χ1v) is 5.91. The van der Waals surface area contributed by atoms with Gasteiger partial charge < -0.3 is 4.40 Å². The second-order valence-electron chi connectivity index (χ2n) is 4.61. The Bertz CT molecular complexity index is 495. The Kier molecular flexibility index (Phi) is 2.70. The van der Waals surface area contributed by atoms with Gasteiger partial charge in [-0.15, -0.1) is 0 Å². The van der Waals surface area contributed by atoms with Crippen LogP contribution in [-0.4, -0.2) is 14.4 Å². The third-order valence-electron chi connectivity index (χ3n) is 3.76. The van der Waals surface area contributed by atoms with Crippen LogP contribution in [0.1, 0.15) is 45.1 Å². The van der Waals surface area contributed by atoms with E-state index in [4.69, 9.17) is 4.98 Å². The second kappa shape index (κ2) is 3.89. The third-order valence-corrected chi connectivity index (χ3v) is 3.76. The van der Waals surface area contributed by atoms with Crippen LogP contribution in [0.15, 0.2) is 18.6 Å². The average molecular weight is 217 g/mol. The molecule has 0 spiro atoms. The first kappa shape index (κ1) is 11.1. The van der Waals surface area contributed by atoms with Gasteiger partial charge in [0.2, 0.25) is 0 Å². The van der Waals surface area contributed by atoms with Gasteiger partial charge in [-0.05, 0) is 19.8 Å². The smallest absolute Gasteiger partial charge is 0.110 e. The first-order chi connectivity index (χ1) is 7.62. The van der Waals surface area contributed by atoms with E-state index in [1.165, 1.54) is 5.69 Å². The van der Waals surface area contributed by atoms with Crippen molar-refractivity contribution in [3.63, 3.8) is 0 Å². The molecule has 0 atom stereocenters. The minimum absolute atomic E-state index is 0.155. The van der Waals surface area contributed by atoms with Gasteiger partial charge in [0, 0.05) is 17.8 Å². The molecule has 0 saturated carbocycles. The summed E-state index contributed by atoms with van der Waals surface area (Å²) in [7, 11) is 0. The largest absolute Gasteiger partial charge is 0.301 e. The van der Waals surface area contributed by atoms with E-state index in [2.05, 4.69) is 30.2 Å². The Morgan fingerprint density at radius 3 is 2.62 bits per heavy atom. The normalized spacial score (nSPS) is 12.2. The highest BCUT2D eigenvalue weighted by molar-refractivity contribution is 5.54. The van der Waals surface area contributed by atoms with Crippen LogP contribution < -0.4 is 0 Å². The molecule has 2 aromatic heterocycles. The molecule has 2 aromatic rings. The van der Waals surface area contributed by atoms with Gasteiger partial charge in [-0.25, -0.2) is 4.98 Å². The molecule has 3 heteroatoms. The van der Waals surface area contributed by atoms with Crippen LogP contribution in [-0.2, 0) is 5.41 Å². The van der Waals surface area contributed by atoms with Crippen molar-refractivity contribution in [1.29, 1.82) is 0 Å². The van der Waals surface area contributed by atoms with Crippen molar-refractivity contribution in [2.24, 2.45) is 0 Å². The summed E-state index contributed by atoms with van der Waals surface area (Å²) in [6.45, 7) is 8.77. The van der Waals surface area contributed by atoms with E-state index < -0.39 is 0 Å². The summed E-state index contributed by atoms with van der Waals surface area (Å²) in [6, 6.07) is 0. The molecule has 16 heavy (non-hydrogen) atoms. The predicted molar refractivity (Wildman–Crippen MR) is 65.7 cm³/mol. The third kappa shape index (κ3) is 1.51. The van der Waals surface area contributed by atoms with E-state index in [9.17, 15) is 0 Å². The van der Waals surface area contributed by atoms with Crippen molar-refractivity contribution >= 4 is 5.52 Å². The molecule has 3 nitrogen and oxygen atoms in total. The van der Waals surface area contributed by atoms with Crippen LogP contribution in [0.3, 0.4) is 0 Å². The number of hydrogen-bond acceptors (Lipinski definition) is 2. The molecule has 0 amide bonds. The molecule has 0 N–H and O–H groups in total. The van der Waals surface area contributed by atoms with Gasteiger partial charge >= 0.3 is 0 Å². The van der Waals surface area contributed by atoms with Crippen LogP contribution in [0, 0.1) is 6.92 Å². The minimum Gasteiger partial charge on any atom is -0.301 e. The summed E-state index contributed by atoms with van der Waals surface area (Å²) in [5.74, 6) is 1.04. The fraction of sp³-hybridized carbons (Fsp3) is 0.538. The van der Waals surface area contributed by atoms with Crippen molar-refractivity contribution in [2.75, 3.05) is 0 Å². The zero-order valence-corrected chi connectivity index (χ0v) is 10.5. The summed E-state index contributed by atoms with van der Waals surface area (Å²) < 4.78 is 2.12. The maximum Gasteiger partial charge on any atom is 0.110 e. The fourth-order valence-corrected chi connectivity index (χ4v) is 2.12. The molecule has 2 heterocycles. The Labute approximate surface area is 96.5 Å². The van der Waals surface area contributed by atoms with Crippen molar-refractivity contribution in [1.82, 2.24) is 14.4 Å². The topological polar surface area (TPSA) is 30.2 Å². The molecule has 0 aliphatic rings. The van der Waals surface area contributed by atoms with E-state index >= 15 is 0 Å². The molecule has 0 bridgehead atoms. The number of hydrogen-bond donors (Lipinski definition) is 0. The molecular weight excluding hydrogens is 198 g/mol. The first-order valence-electron chi connectivity index (χ1n) is 5.91. The van der Waals surface area contributed by atoms with Crippen molar-refractivity contribution < 1.29 is 0 Å². The Hall–Kier alpha value is -1.38. The molecule has 0 radical (unpaired) electrons. The van der Waals surface area contributed by atoms with Crippen LogP contribution in [0.4, 0.5) is 0 Å². The highest BCUT2D eigenvalue weighted by Crippen LogP contribution is 2.33. The van der Waals surface area contributed by atoms with Crippen molar-refractivity contribution in [3.8, 4) is 0 Å². The van der Waals surface area contributed by atoms with E-state index in [1.807, 2.05) is 19.3 Å². The lowest BCUT2D eigenvalue weighted by atomic mass is 9.81. The lowest BCUT2D eigenvalue weighted by Gasteiger charge is -2.24. The summed E-state index contributed by atoms with van der Waals surface area (Å²) in [6.07, 6.45) is 7.90. The van der Waals surface area contributed by atoms with Gasteiger partial charge in [-0.2, -0.15) is 0 Å². The molecule has 0 saturated heterocycles. The fourth-order valence-electron chi connectivity index (χ4n) is 2.12. The van der Waals surface area contributed by atoms with Gasteiger partial charge in [0.05, 0.1) is 17.4 Å². The van der Waals surface area contributed by atoms with Crippen LogP contribution in [0.5, 0.6) is 0 Å². The maximum absolute atomic E-state index is 4.73. The highest BCUT2D eigenvalue weighted by Gasteiger charge is 2.27. The van der Waals surface area contributed by atoms with Crippen LogP contribution in [0.2, 0.25) is 0 Å². The summed E-state index contributed by atoms with van der Waals surface area (Å²) in [4.78, 5) is 8.93. The molecule has 0 aliphatic carbocycles. The lowest BCUT2D eigenvalue weighted by molar-refractivity contribution is 0.431. The molecule has 0 fully saturated rings. The van der Waals surface area contributed by atoms with Crippen LogP contribution in [0.25, 0.3) is 5.52 Å². The number of fused-ring (bicyclic) bond motifs is 1. The maximum atomic E-state index is 4.73. The number of aromatic nitrogens is 3. The number of imidazole rings is 1. The lowest BCUT2D eigenvalue weighted by Crippen LogP contribution is -2.20. The van der Waals surface area contributed by atoms with Crippen LogP contribution >= 0.6 is 0 Å². The standard InChI is InChI=1S/C13H19N3/c1-5-13(4,6-2)12-11-9-14-7-8-16(11)10(3)15-12/h7-9H,5-6H2,1-4H3. The quantitative estimate of drug-likeness (QED) is 0.790.